The van der Waals surface area contributed by atoms with E-state index in [1.165, 1.54) is 28.6 Å². The third kappa shape index (κ3) is 3.77. The minimum atomic E-state index is -0.0122. The number of thiophene rings is 1. The lowest BCUT2D eigenvalue weighted by Crippen LogP contribution is -2.33. The molecule has 0 saturated carbocycles. The van der Waals surface area contributed by atoms with Gasteiger partial charge in [-0.15, -0.1) is 11.3 Å². The number of rotatable bonds is 6. The van der Waals surface area contributed by atoms with E-state index in [4.69, 9.17) is 4.98 Å². The van der Waals surface area contributed by atoms with Crippen LogP contribution in [0.4, 0.5) is 0 Å². The zero-order valence-electron chi connectivity index (χ0n) is 15.1. The van der Waals surface area contributed by atoms with Crippen molar-refractivity contribution in [3.63, 3.8) is 0 Å². The van der Waals surface area contributed by atoms with Crippen LogP contribution in [0.1, 0.15) is 50.5 Å². The maximum absolute atomic E-state index is 13.0. The van der Waals surface area contributed by atoms with Gasteiger partial charge in [0.05, 0.1) is 11.1 Å². The highest BCUT2D eigenvalue weighted by Gasteiger charge is 2.22. The van der Waals surface area contributed by atoms with E-state index in [1.807, 2.05) is 20.8 Å². The molecule has 1 aliphatic carbocycles. The first kappa shape index (κ1) is 18.5. The van der Waals surface area contributed by atoms with Gasteiger partial charge < -0.3 is 5.32 Å². The molecule has 2 aromatic heterocycles. The molecule has 3 rings (SSSR count). The standard InChI is InChI=1S/C18H25N3O2S2/c1-4-11(3)19-14(22)10-24-18-20-16-15(17(23)21(18)5-2)12-8-6-7-9-13(12)25-16/h11H,4-10H2,1-3H3,(H,19,22). The van der Waals surface area contributed by atoms with Crippen LogP contribution in [0.3, 0.4) is 0 Å². The predicted octanol–water partition coefficient (Wildman–Crippen LogP) is 3.36. The molecule has 2 heterocycles. The number of hydrogen-bond acceptors (Lipinski definition) is 5. The fourth-order valence-corrected chi connectivity index (χ4v) is 5.33. The Labute approximate surface area is 156 Å². The van der Waals surface area contributed by atoms with Gasteiger partial charge in [0, 0.05) is 17.5 Å². The summed E-state index contributed by atoms with van der Waals surface area (Å²) < 4.78 is 1.71. The summed E-state index contributed by atoms with van der Waals surface area (Å²) in [6.45, 7) is 6.56. The minimum absolute atomic E-state index is 0.0122. The van der Waals surface area contributed by atoms with E-state index in [-0.39, 0.29) is 23.3 Å². The van der Waals surface area contributed by atoms with E-state index in [0.29, 0.717) is 11.7 Å². The number of nitrogens with one attached hydrogen (secondary N) is 1. The van der Waals surface area contributed by atoms with Gasteiger partial charge in [-0.25, -0.2) is 4.98 Å². The van der Waals surface area contributed by atoms with Gasteiger partial charge in [-0.1, -0.05) is 18.7 Å². The monoisotopic (exact) mass is 379 g/mol. The summed E-state index contributed by atoms with van der Waals surface area (Å²) in [5, 5.41) is 4.42. The van der Waals surface area contributed by atoms with Crippen LogP contribution in [0.25, 0.3) is 10.2 Å². The van der Waals surface area contributed by atoms with Crippen LogP contribution < -0.4 is 10.9 Å². The van der Waals surface area contributed by atoms with Crippen molar-refractivity contribution in [2.45, 2.75) is 70.6 Å². The van der Waals surface area contributed by atoms with Crippen LogP contribution in [-0.2, 0) is 24.2 Å². The van der Waals surface area contributed by atoms with Crippen molar-refractivity contribution in [2.75, 3.05) is 5.75 Å². The zero-order valence-corrected chi connectivity index (χ0v) is 16.7. The second kappa shape index (κ2) is 7.91. The first-order chi connectivity index (χ1) is 12.0. The number of amides is 1. The highest BCUT2D eigenvalue weighted by atomic mass is 32.2. The maximum Gasteiger partial charge on any atom is 0.263 e. The van der Waals surface area contributed by atoms with Crippen molar-refractivity contribution in [3.8, 4) is 0 Å². The Morgan fingerprint density at radius 1 is 1.36 bits per heavy atom. The molecule has 0 aliphatic heterocycles. The number of thioether (sulfide) groups is 1. The molecule has 0 fully saturated rings. The highest BCUT2D eigenvalue weighted by Crippen LogP contribution is 2.34. The molecule has 136 valence electrons. The Balaban J connectivity index is 1.90. The van der Waals surface area contributed by atoms with Crippen LogP contribution in [0, 0.1) is 0 Å². The molecule has 2 aromatic rings. The summed E-state index contributed by atoms with van der Waals surface area (Å²) in [5.41, 5.74) is 1.27. The molecule has 1 unspecified atom stereocenters. The lowest BCUT2D eigenvalue weighted by atomic mass is 9.97. The Hall–Kier alpha value is -1.34. The SMILES string of the molecule is CCC(C)NC(=O)CSc1nc2sc3c(c2c(=O)n1CC)CCCC3. The molecular formula is C18H25N3O2S2. The van der Waals surface area contributed by atoms with Gasteiger partial charge in [-0.3, -0.25) is 14.2 Å². The minimum Gasteiger partial charge on any atom is -0.353 e. The predicted molar refractivity (Wildman–Crippen MR) is 105 cm³/mol. The van der Waals surface area contributed by atoms with Gasteiger partial charge in [0.15, 0.2) is 5.16 Å². The fourth-order valence-electron chi connectivity index (χ4n) is 3.16. The van der Waals surface area contributed by atoms with Crippen LogP contribution in [-0.4, -0.2) is 27.3 Å². The maximum atomic E-state index is 13.0. The molecule has 0 saturated heterocycles. The molecule has 0 spiro atoms. The summed E-state index contributed by atoms with van der Waals surface area (Å²) in [6.07, 6.45) is 5.29. The third-order valence-corrected chi connectivity index (χ3v) is 6.87. The quantitative estimate of drug-likeness (QED) is 0.617. The third-order valence-electron chi connectivity index (χ3n) is 4.71. The van der Waals surface area contributed by atoms with E-state index < -0.39 is 0 Å². The summed E-state index contributed by atoms with van der Waals surface area (Å²) in [4.78, 5) is 32.0. The van der Waals surface area contributed by atoms with E-state index in [0.717, 1.165) is 35.9 Å². The smallest absolute Gasteiger partial charge is 0.263 e. The Morgan fingerprint density at radius 3 is 2.84 bits per heavy atom. The van der Waals surface area contributed by atoms with Crippen molar-refractivity contribution in [1.29, 1.82) is 0 Å². The number of aryl methyl sites for hydroxylation is 2. The zero-order chi connectivity index (χ0) is 18.0. The Kier molecular flexibility index (Phi) is 5.84. The summed E-state index contributed by atoms with van der Waals surface area (Å²) >= 11 is 3.01. The number of carbonyl (C=O) groups is 1. The van der Waals surface area contributed by atoms with Crippen LogP contribution in [0.2, 0.25) is 0 Å². The Bertz CT molecular complexity index is 841. The first-order valence-corrected chi connectivity index (χ1v) is 10.8. The molecule has 0 bridgehead atoms. The van der Waals surface area contributed by atoms with Crippen molar-refractivity contribution in [3.05, 3.63) is 20.8 Å². The second-order valence-corrected chi connectivity index (χ2v) is 8.53. The number of fused-ring (bicyclic) bond motifs is 3. The highest BCUT2D eigenvalue weighted by molar-refractivity contribution is 7.99. The number of hydrogen-bond donors (Lipinski definition) is 1. The molecule has 7 heteroatoms. The first-order valence-electron chi connectivity index (χ1n) is 9.02. The van der Waals surface area contributed by atoms with Gasteiger partial charge in [0.25, 0.3) is 5.56 Å². The topological polar surface area (TPSA) is 64.0 Å². The summed E-state index contributed by atoms with van der Waals surface area (Å²) in [6, 6.07) is 0.168. The second-order valence-electron chi connectivity index (χ2n) is 6.50. The molecule has 25 heavy (non-hydrogen) atoms. The van der Waals surface area contributed by atoms with E-state index >= 15 is 0 Å². The van der Waals surface area contributed by atoms with E-state index in [9.17, 15) is 9.59 Å². The van der Waals surface area contributed by atoms with Gasteiger partial charge in [0.2, 0.25) is 5.91 Å². The van der Waals surface area contributed by atoms with Gasteiger partial charge >= 0.3 is 0 Å². The van der Waals surface area contributed by atoms with Gasteiger partial charge in [-0.2, -0.15) is 0 Å². The Morgan fingerprint density at radius 2 is 2.12 bits per heavy atom. The molecular weight excluding hydrogens is 354 g/mol. The number of nitrogens with zero attached hydrogens (tertiary/aromatic N) is 2. The van der Waals surface area contributed by atoms with Crippen molar-refractivity contribution in [2.24, 2.45) is 0 Å². The summed E-state index contributed by atoms with van der Waals surface area (Å²) in [5.74, 6) is 0.273. The number of aromatic nitrogens is 2. The molecule has 1 N–H and O–H groups in total. The van der Waals surface area contributed by atoms with E-state index in [2.05, 4.69) is 5.32 Å². The van der Waals surface area contributed by atoms with Gasteiger partial charge in [-0.05, 0) is 51.5 Å². The molecule has 1 amide bonds. The van der Waals surface area contributed by atoms with Crippen LogP contribution >= 0.6 is 23.1 Å². The molecule has 1 aliphatic rings. The molecule has 0 aromatic carbocycles. The number of carbonyl (C=O) groups excluding carboxylic acids is 1. The van der Waals surface area contributed by atoms with Gasteiger partial charge in [0.1, 0.15) is 4.83 Å². The molecule has 5 nitrogen and oxygen atoms in total. The van der Waals surface area contributed by atoms with Crippen molar-refractivity contribution >= 4 is 39.2 Å². The molecule has 0 radical (unpaired) electrons. The molecule has 1 atom stereocenters. The van der Waals surface area contributed by atoms with E-state index in [1.54, 1.807) is 15.9 Å². The lowest BCUT2D eigenvalue weighted by Gasteiger charge is -2.13. The largest absolute Gasteiger partial charge is 0.353 e. The summed E-state index contributed by atoms with van der Waals surface area (Å²) in [7, 11) is 0. The van der Waals surface area contributed by atoms with Crippen LogP contribution in [0.5, 0.6) is 0 Å². The normalized spacial score (nSPS) is 15.2. The fraction of sp³-hybridized carbons (Fsp3) is 0.611. The average molecular weight is 380 g/mol. The average Bonchev–Trinajstić information content (AvgIpc) is 2.98. The lowest BCUT2D eigenvalue weighted by molar-refractivity contribution is -0.119. The van der Waals surface area contributed by atoms with Crippen molar-refractivity contribution in [1.82, 2.24) is 14.9 Å². The van der Waals surface area contributed by atoms with Crippen LogP contribution in [0.15, 0.2) is 9.95 Å². The van der Waals surface area contributed by atoms with Crippen molar-refractivity contribution < 1.29 is 4.79 Å².